The van der Waals surface area contributed by atoms with Crippen LogP contribution in [0.3, 0.4) is 0 Å². The van der Waals surface area contributed by atoms with E-state index in [1.807, 2.05) is 13.1 Å². The van der Waals surface area contributed by atoms with Gasteiger partial charge in [0.25, 0.3) is 0 Å². The van der Waals surface area contributed by atoms with Crippen molar-refractivity contribution >= 4 is 14.3 Å². The van der Waals surface area contributed by atoms with Crippen LogP contribution in [0.2, 0.25) is 18.1 Å². The highest BCUT2D eigenvalue weighted by Gasteiger charge is 2.46. The second kappa shape index (κ2) is 5.01. The Kier molecular flexibility index (Phi) is 4.31. The molecule has 0 saturated carbocycles. The van der Waals surface area contributed by atoms with Crippen molar-refractivity contribution in [2.75, 3.05) is 0 Å². The monoisotopic (exact) mass is 288 g/mol. The Hall–Kier alpha value is -0.693. The lowest BCUT2D eigenvalue weighted by molar-refractivity contribution is -0.157. The number of aliphatic carboxylic acids is 1. The normalized spacial score (nSPS) is 32.4. The maximum absolute atomic E-state index is 11.1. The summed E-state index contributed by atoms with van der Waals surface area (Å²) < 4.78 is 6.02. The van der Waals surface area contributed by atoms with E-state index in [2.05, 4.69) is 20.8 Å². The summed E-state index contributed by atoms with van der Waals surface area (Å²) in [7, 11) is -2.13. The van der Waals surface area contributed by atoms with Crippen LogP contribution in [-0.2, 0) is 9.22 Å². The number of rotatable bonds is 3. The number of aliphatic hydroxyl groups excluding tert-OH is 1. The fourth-order valence-corrected chi connectivity index (χ4v) is 3.04. The standard InChI is InChI=1S/C13H24O5Si/c1-12(2,3)19(4,5)18-10-8-13(17,11(15)16)7-6-9(10)14/h6-7,9-10,14,17H,8H2,1-5H3,(H,15,16)/t9-,10-,13-/m1/s1. The van der Waals surface area contributed by atoms with Gasteiger partial charge >= 0.3 is 5.97 Å². The Labute approximate surface area is 115 Å². The summed E-state index contributed by atoms with van der Waals surface area (Å²) in [6.07, 6.45) is 0.730. The predicted molar refractivity (Wildman–Crippen MR) is 74.4 cm³/mol. The zero-order chi connectivity index (χ0) is 15.1. The van der Waals surface area contributed by atoms with Gasteiger partial charge in [0.2, 0.25) is 0 Å². The highest BCUT2D eigenvalue weighted by atomic mass is 28.4. The third-order valence-electron chi connectivity index (χ3n) is 4.08. The minimum atomic E-state index is -2.13. The van der Waals surface area contributed by atoms with Crippen molar-refractivity contribution < 1.29 is 24.5 Å². The molecule has 110 valence electrons. The zero-order valence-electron chi connectivity index (χ0n) is 12.2. The quantitative estimate of drug-likeness (QED) is 0.541. The van der Waals surface area contributed by atoms with Gasteiger partial charge in [0.05, 0.1) is 12.2 Å². The van der Waals surface area contributed by atoms with Crippen molar-refractivity contribution in [1.82, 2.24) is 0 Å². The van der Waals surface area contributed by atoms with Crippen LogP contribution in [-0.4, -0.2) is 47.4 Å². The molecular weight excluding hydrogens is 264 g/mol. The second-order valence-electron chi connectivity index (χ2n) is 6.70. The molecule has 0 saturated heterocycles. The molecule has 0 aromatic rings. The van der Waals surface area contributed by atoms with E-state index in [0.717, 1.165) is 6.08 Å². The van der Waals surface area contributed by atoms with Gasteiger partial charge in [0.15, 0.2) is 13.9 Å². The number of hydrogen-bond donors (Lipinski definition) is 3. The summed E-state index contributed by atoms with van der Waals surface area (Å²) in [5.74, 6) is -1.32. The van der Waals surface area contributed by atoms with E-state index in [1.165, 1.54) is 6.08 Å². The van der Waals surface area contributed by atoms with Gasteiger partial charge in [0, 0.05) is 6.42 Å². The molecule has 0 aromatic heterocycles. The molecule has 0 fully saturated rings. The van der Waals surface area contributed by atoms with Gasteiger partial charge in [-0.05, 0) is 24.2 Å². The number of carboxylic acids is 1. The molecule has 1 rings (SSSR count). The summed E-state index contributed by atoms with van der Waals surface area (Å²) in [6, 6.07) is 0. The molecule has 0 radical (unpaired) electrons. The first kappa shape index (κ1) is 16.4. The third kappa shape index (κ3) is 3.45. The molecular formula is C13H24O5Si. The molecule has 0 spiro atoms. The van der Waals surface area contributed by atoms with Crippen LogP contribution in [0.25, 0.3) is 0 Å². The lowest BCUT2D eigenvalue weighted by Gasteiger charge is -2.42. The van der Waals surface area contributed by atoms with E-state index in [1.54, 1.807) is 0 Å². The summed E-state index contributed by atoms with van der Waals surface area (Å²) >= 11 is 0. The van der Waals surface area contributed by atoms with E-state index in [4.69, 9.17) is 9.53 Å². The molecule has 5 nitrogen and oxygen atoms in total. The summed E-state index contributed by atoms with van der Waals surface area (Å²) in [6.45, 7) is 10.2. The van der Waals surface area contributed by atoms with Crippen LogP contribution in [0.5, 0.6) is 0 Å². The van der Waals surface area contributed by atoms with Gasteiger partial charge in [-0.15, -0.1) is 0 Å². The number of aliphatic hydroxyl groups is 2. The Balaban J connectivity index is 2.91. The van der Waals surface area contributed by atoms with Crippen LogP contribution in [0.1, 0.15) is 27.2 Å². The molecule has 3 N–H and O–H groups in total. The largest absolute Gasteiger partial charge is 0.479 e. The number of carboxylic acid groups (broad SMARTS) is 1. The molecule has 0 heterocycles. The van der Waals surface area contributed by atoms with E-state index < -0.39 is 32.1 Å². The lowest BCUT2D eigenvalue weighted by atomic mass is 9.88. The topological polar surface area (TPSA) is 87.0 Å². The molecule has 0 aromatic carbocycles. The van der Waals surface area contributed by atoms with E-state index in [9.17, 15) is 15.0 Å². The average Bonchev–Trinajstić information content (AvgIpc) is 2.21. The molecule has 0 amide bonds. The predicted octanol–water partition coefficient (Wildman–Crippen LogP) is 1.51. The number of carbonyl (C=O) groups is 1. The third-order valence-corrected chi connectivity index (χ3v) is 8.59. The van der Waals surface area contributed by atoms with Crippen LogP contribution in [0.15, 0.2) is 12.2 Å². The highest BCUT2D eigenvalue weighted by Crippen LogP contribution is 2.39. The molecule has 6 heteroatoms. The maximum Gasteiger partial charge on any atom is 0.339 e. The minimum absolute atomic E-state index is 0.0464. The smallest absolute Gasteiger partial charge is 0.339 e. The first-order valence-electron chi connectivity index (χ1n) is 6.40. The molecule has 0 aliphatic heterocycles. The van der Waals surface area contributed by atoms with E-state index >= 15 is 0 Å². The zero-order valence-corrected chi connectivity index (χ0v) is 13.2. The van der Waals surface area contributed by atoms with Crippen molar-refractivity contribution in [2.24, 2.45) is 0 Å². The van der Waals surface area contributed by atoms with Crippen molar-refractivity contribution in [3.8, 4) is 0 Å². The number of hydrogen-bond acceptors (Lipinski definition) is 4. The Morgan fingerprint density at radius 1 is 1.42 bits per heavy atom. The van der Waals surface area contributed by atoms with Crippen LogP contribution < -0.4 is 0 Å². The molecule has 0 bridgehead atoms. The van der Waals surface area contributed by atoms with Gasteiger partial charge in [0.1, 0.15) is 0 Å². The molecule has 19 heavy (non-hydrogen) atoms. The highest BCUT2D eigenvalue weighted by molar-refractivity contribution is 6.74. The molecule has 0 unspecified atom stereocenters. The van der Waals surface area contributed by atoms with Gasteiger partial charge in [-0.2, -0.15) is 0 Å². The van der Waals surface area contributed by atoms with Gasteiger partial charge in [-0.25, -0.2) is 4.79 Å². The van der Waals surface area contributed by atoms with Gasteiger partial charge < -0.3 is 19.7 Å². The Morgan fingerprint density at radius 3 is 2.37 bits per heavy atom. The second-order valence-corrected chi connectivity index (χ2v) is 11.5. The molecule has 1 aliphatic carbocycles. The van der Waals surface area contributed by atoms with E-state index in [0.29, 0.717) is 0 Å². The Morgan fingerprint density at radius 2 is 1.95 bits per heavy atom. The van der Waals surface area contributed by atoms with Crippen molar-refractivity contribution in [1.29, 1.82) is 0 Å². The van der Waals surface area contributed by atoms with Crippen LogP contribution in [0, 0.1) is 0 Å². The Bertz CT molecular complexity index is 385. The van der Waals surface area contributed by atoms with E-state index in [-0.39, 0.29) is 11.5 Å². The van der Waals surface area contributed by atoms with Crippen LogP contribution in [0.4, 0.5) is 0 Å². The van der Waals surface area contributed by atoms with Gasteiger partial charge in [-0.3, -0.25) is 0 Å². The fourth-order valence-electron chi connectivity index (χ4n) is 1.70. The average molecular weight is 288 g/mol. The maximum atomic E-state index is 11.1. The molecule has 1 aliphatic rings. The lowest BCUT2D eigenvalue weighted by Crippen LogP contribution is -2.52. The van der Waals surface area contributed by atoms with Crippen molar-refractivity contribution in [3.63, 3.8) is 0 Å². The SMILES string of the molecule is CC(C)(C)[Si](C)(C)O[C@@H]1C[C@@](O)(C(=O)O)C=C[C@H]1O. The van der Waals surface area contributed by atoms with Crippen LogP contribution >= 0.6 is 0 Å². The summed E-state index contributed by atoms with van der Waals surface area (Å²) in [4.78, 5) is 11.1. The summed E-state index contributed by atoms with van der Waals surface area (Å²) in [5, 5.41) is 28.9. The molecule has 3 atom stereocenters. The van der Waals surface area contributed by atoms with Gasteiger partial charge in [-0.1, -0.05) is 26.8 Å². The van der Waals surface area contributed by atoms with Crippen molar-refractivity contribution in [3.05, 3.63) is 12.2 Å². The first-order valence-corrected chi connectivity index (χ1v) is 9.31. The minimum Gasteiger partial charge on any atom is -0.479 e. The van der Waals surface area contributed by atoms with Crippen molar-refractivity contribution in [2.45, 2.75) is 63.1 Å². The fraction of sp³-hybridized carbons (Fsp3) is 0.769. The summed E-state index contributed by atoms with van der Waals surface area (Å²) in [5.41, 5.74) is -1.95. The first-order chi connectivity index (χ1) is 8.39.